The summed E-state index contributed by atoms with van der Waals surface area (Å²) in [5, 5.41) is 10.8. The van der Waals surface area contributed by atoms with Gasteiger partial charge in [0.25, 0.3) is 0 Å². The van der Waals surface area contributed by atoms with Crippen molar-refractivity contribution in [3.63, 3.8) is 0 Å². The van der Waals surface area contributed by atoms with Gasteiger partial charge in [-0.2, -0.15) is 0 Å². The topological polar surface area (TPSA) is 61.8 Å². The first-order valence-electron chi connectivity index (χ1n) is 7.68. The third-order valence-electron chi connectivity index (χ3n) is 3.74. The molecule has 1 fully saturated rings. The smallest absolute Gasteiger partial charge is 0.404 e. The third kappa shape index (κ3) is 5.89. The van der Waals surface area contributed by atoms with Gasteiger partial charge in [0, 0.05) is 19.6 Å². The lowest BCUT2D eigenvalue weighted by atomic mass is 10.1. The Hall–Kier alpha value is -1.82. The van der Waals surface area contributed by atoms with Crippen molar-refractivity contribution in [2.45, 2.75) is 25.4 Å². The van der Waals surface area contributed by atoms with Gasteiger partial charge in [0.2, 0.25) is 0 Å². The number of carbonyl (C=O) groups is 1. The molecule has 22 heavy (non-hydrogen) atoms. The van der Waals surface area contributed by atoms with Crippen LogP contribution in [0.15, 0.2) is 24.3 Å². The normalized spacial score (nSPS) is 18.9. The van der Waals surface area contributed by atoms with Gasteiger partial charge in [-0.25, -0.2) is 9.18 Å². The molecule has 1 aromatic rings. The molecule has 1 atom stereocenters. The van der Waals surface area contributed by atoms with Crippen LogP contribution in [0.3, 0.4) is 0 Å². The van der Waals surface area contributed by atoms with E-state index < -0.39 is 12.3 Å². The lowest BCUT2D eigenvalue weighted by molar-refractivity contribution is 0.121. The van der Waals surface area contributed by atoms with E-state index in [0.717, 1.165) is 30.8 Å². The highest BCUT2D eigenvalue weighted by molar-refractivity contribution is 5.64. The molecule has 0 aromatic heterocycles. The fraction of sp³-hybridized carbons (Fsp3) is 0.562. The van der Waals surface area contributed by atoms with Crippen molar-refractivity contribution < 1.29 is 19.0 Å². The van der Waals surface area contributed by atoms with Crippen molar-refractivity contribution in [2.24, 2.45) is 0 Å². The largest absolute Gasteiger partial charge is 0.492 e. The molecule has 122 valence electrons. The van der Waals surface area contributed by atoms with Gasteiger partial charge in [0.15, 0.2) is 0 Å². The van der Waals surface area contributed by atoms with Crippen LogP contribution >= 0.6 is 0 Å². The number of carboxylic acid groups (broad SMARTS) is 1. The Kier molecular flexibility index (Phi) is 6.45. The fourth-order valence-electron chi connectivity index (χ4n) is 2.56. The summed E-state index contributed by atoms with van der Waals surface area (Å²) >= 11 is 0. The highest BCUT2D eigenvalue weighted by Gasteiger charge is 2.18. The molecule has 0 radical (unpaired) electrons. The summed E-state index contributed by atoms with van der Waals surface area (Å²) in [4.78, 5) is 12.5. The Bertz CT molecular complexity index is 467. The number of benzene rings is 1. The van der Waals surface area contributed by atoms with Crippen LogP contribution < -0.4 is 10.1 Å². The van der Waals surface area contributed by atoms with E-state index >= 15 is 0 Å². The maximum Gasteiger partial charge on any atom is 0.404 e. The summed E-state index contributed by atoms with van der Waals surface area (Å²) in [6.07, 6.45) is 0.536. The fourth-order valence-corrected chi connectivity index (χ4v) is 2.56. The van der Waals surface area contributed by atoms with Gasteiger partial charge in [-0.05, 0) is 43.5 Å². The van der Waals surface area contributed by atoms with E-state index in [1.165, 1.54) is 0 Å². The van der Waals surface area contributed by atoms with Crippen molar-refractivity contribution in [2.75, 3.05) is 32.8 Å². The number of amides is 1. The molecule has 0 bridgehead atoms. The Morgan fingerprint density at radius 1 is 1.41 bits per heavy atom. The summed E-state index contributed by atoms with van der Waals surface area (Å²) in [5.74, 6) is 0.781. The number of nitrogens with zero attached hydrogens (tertiary/aromatic N) is 1. The first-order chi connectivity index (χ1) is 10.6. The van der Waals surface area contributed by atoms with Crippen LogP contribution in [-0.4, -0.2) is 55.1 Å². The summed E-state index contributed by atoms with van der Waals surface area (Å²) in [6, 6.07) is 7.61. The zero-order valence-electron chi connectivity index (χ0n) is 12.6. The Morgan fingerprint density at radius 2 is 2.18 bits per heavy atom. The van der Waals surface area contributed by atoms with E-state index in [-0.39, 0.29) is 0 Å². The molecule has 1 aliphatic rings. The molecule has 6 heteroatoms. The van der Waals surface area contributed by atoms with Crippen molar-refractivity contribution in [1.82, 2.24) is 10.2 Å². The van der Waals surface area contributed by atoms with Crippen LogP contribution in [-0.2, 0) is 6.42 Å². The molecule has 2 N–H and O–H groups in total. The predicted octanol–water partition coefficient (Wildman–Crippen LogP) is 2.31. The minimum Gasteiger partial charge on any atom is -0.492 e. The van der Waals surface area contributed by atoms with Crippen LogP contribution in [0.2, 0.25) is 0 Å². The van der Waals surface area contributed by atoms with Gasteiger partial charge < -0.3 is 15.2 Å². The van der Waals surface area contributed by atoms with Gasteiger partial charge in [-0.3, -0.25) is 4.90 Å². The molecule has 2 rings (SSSR count). The van der Waals surface area contributed by atoms with E-state index in [1.54, 1.807) is 0 Å². The van der Waals surface area contributed by atoms with E-state index in [0.29, 0.717) is 32.5 Å². The Labute approximate surface area is 130 Å². The summed E-state index contributed by atoms with van der Waals surface area (Å²) in [7, 11) is 0. The summed E-state index contributed by atoms with van der Waals surface area (Å²) in [5.41, 5.74) is 1.05. The Morgan fingerprint density at radius 3 is 2.86 bits per heavy atom. The molecule has 5 nitrogen and oxygen atoms in total. The van der Waals surface area contributed by atoms with Crippen molar-refractivity contribution >= 4 is 6.09 Å². The number of rotatable bonds is 7. The molecule has 0 aliphatic carbocycles. The van der Waals surface area contributed by atoms with Crippen LogP contribution in [0.4, 0.5) is 9.18 Å². The zero-order chi connectivity index (χ0) is 15.8. The lowest BCUT2D eigenvalue weighted by Gasteiger charge is -2.28. The van der Waals surface area contributed by atoms with Crippen LogP contribution in [0, 0.1) is 0 Å². The molecular weight excluding hydrogens is 287 g/mol. The monoisotopic (exact) mass is 310 g/mol. The van der Waals surface area contributed by atoms with Crippen LogP contribution in [0.1, 0.15) is 18.4 Å². The van der Waals surface area contributed by atoms with E-state index in [2.05, 4.69) is 10.2 Å². The second-order valence-electron chi connectivity index (χ2n) is 5.51. The second-order valence-corrected chi connectivity index (χ2v) is 5.51. The molecule has 1 aliphatic heterocycles. The van der Waals surface area contributed by atoms with Gasteiger partial charge in [0.1, 0.15) is 18.5 Å². The predicted molar refractivity (Wildman–Crippen MR) is 82.2 cm³/mol. The van der Waals surface area contributed by atoms with Gasteiger partial charge in [-0.15, -0.1) is 0 Å². The highest BCUT2D eigenvalue weighted by Crippen LogP contribution is 2.14. The first kappa shape index (κ1) is 16.5. The summed E-state index contributed by atoms with van der Waals surface area (Å²) < 4.78 is 18.9. The number of hydrogen-bond donors (Lipinski definition) is 2. The standard InChI is InChI=1S/C16H23FN2O3/c17-14-2-1-9-19(12-14)10-11-22-15-5-3-13(4-6-15)7-8-18-16(20)21/h3-6,14,18H,1-2,7-12H2,(H,20,21). The van der Waals surface area contributed by atoms with E-state index in [9.17, 15) is 9.18 Å². The van der Waals surface area contributed by atoms with Gasteiger partial charge in [0.05, 0.1) is 0 Å². The molecule has 1 saturated heterocycles. The molecule has 1 aromatic carbocycles. The van der Waals surface area contributed by atoms with Crippen molar-refractivity contribution in [3.8, 4) is 5.75 Å². The lowest BCUT2D eigenvalue weighted by Crippen LogP contribution is -2.38. The number of alkyl halides is 1. The van der Waals surface area contributed by atoms with Crippen LogP contribution in [0.25, 0.3) is 0 Å². The highest BCUT2D eigenvalue weighted by atomic mass is 19.1. The minimum atomic E-state index is -1.01. The maximum absolute atomic E-state index is 13.3. The molecular formula is C16H23FN2O3. The number of hydrogen-bond acceptors (Lipinski definition) is 3. The number of ether oxygens (including phenoxy) is 1. The average Bonchev–Trinajstić information content (AvgIpc) is 2.49. The maximum atomic E-state index is 13.3. The molecule has 1 heterocycles. The van der Waals surface area contributed by atoms with Gasteiger partial charge in [-0.1, -0.05) is 12.1 Å². The van der Waals surface area contributed by atoms with Crippen molar-refractivity contribution in [1.29, 1.82) is 0 Å². The van der Waals surface area contributed by atoms with E-state index in [4.69, 9.17) is 9.84 Å². The molecule has 0 saturated carbocycles. The molecule has 1 unspecified atom stereocenters. The summed E-state index contributed by atoms with van der Waals surface area (Å²) in [6.45, 7) is 3.14. The molecule has 0 spiro atoms. The van der Waals surface area contributed by atoms with Crippen molar-refractivity contribution in [3.05, 3.63) is 29.8 Å². The quantitative estimate of drug-likeness (QED) is 0.811. The SMILES string of the molecule is O=C(O)NCCc1ccc(OCCN2CCCC(F)C2)cc1. The number of halogens is 1. The third-order valence-corrected chi connectivity index (χ3v) is 3.74. The molecule has 1 amide bonds. The number of piperidine rings is 1. The zero-order valence-corrected chi connectivity index (χ0v) is 12.6. The van der Waals surface area contributed by atoms with E-state index in [1.807, 2.05) is 24.3 Å². The van der Waals surface area contributed by atoms with Crippen LogP contribution in [0.5, 0.6) is 5.75 Å². The second kappa shape index (κ2) is 8.58. The average molecular weight is 310 g/mol. The Balaban J connectivity index is 1.66. The number of nitrogens with one attached hydrogen (secondary N) is 1. The number of likely N-dealkylation sites (tertiary alicyclic amines) is 1. The first-order valence-corrected chi connectivity index (χ1v) is 7.68. The van der Waals surface area contributed by atoms with Gasteiger partial charge >= 0.3 is 6.09 Å². The minimum absolute atomic E-state index is 0.398.